The van der Waals surface area contributed by atoms with Crippen LogP contribution in [0, 0.1) is 5.41 Å². The number of carboxylic acids is 2. The van der Waals surface area contributed by atoms with E-state index >= 15 is 0 Å². The number of thiazole rings is 1. The molecule has 12 nitrogen and oxygen atoms in total. The zero-order valence-electron chi connectivity index (χ0n) is 16.6. The smallest absolute Gasteiger partial charge is 0.414 e. The van der Waals surface area contributed by atoms with Crippen molar-refractivity contribution in [2.45, 2.75) is 27.3 Å². The van der Waals surface area contributed by atoms with Crippen molar-refractivity contribution in [2.75, 3.05) is 11.9 Å². The van der Waals surface area contributed by atoms with Crippen LogP contribution in [0.4, 0.5) is 9.93 Å². The zero-order valence-corrected chi connectivity index (χ0v) is 17.4. The average molecular weight is 440 g/mol. The standard InChI is InChI=1S/C15H22N6O2S.C2H2O4/c1-15(2,3)8-19-12(16)21-14-20-10(7-24-14)11-5-4-9(23-11)6-18-13(17)22;3-1(4)2(5)6/h4-5,7H,6,8H2,1-3H3,(H3,17,18,22)(H3,16,19,20,21);(H,3,4)(H,5,6). The molecule has 13 heteroatoms. The summed E-state index contributed by atoms with van der Waals surface area (Å²) in [5.41, 5.74) is 11.6. The Kier molecular flexibility index (Phi) is 8.80. The number of carboxylic acid groups (broad SMARTS) is 2. The van der Waals surface area contributed by atoms with Crippen LogP contribution in [-0.4, -0.2) is 45.7 Å². The third-order valence-electron chi connectivity index (χ3n) is 3.00. The first kappa shape index (κ1) is 24.4. The van der Waals surface area contributed by atoms with Crippen LogP contribution >= 0.6 is 11.3 Å². The normalized spacial score (nSPS) is 11.2. The van der Waals surface area contributed by atoms with Gasteiger partial charge in [0, 0.05) is 11.9 Å². The van der Waals surface area contributed by atoms with E-state index in [1.165, 1.54) is 11.3 Å². The van der Waals surface area contributed by atoms with Crippen LogP contribution < -0.4 is 22.1 Å². The molecule has 164 valence electrons. The molecule has 30 heavy (non-hydrogen) atoms. The van der Waals surface area contributed by atoms with Crippen LogP contribution in [0.25, 0.3) is 11.5 Å². The molecule has 0 bridgehead atoms. The summed E-state index contributed by atoms with van der Waals surface area (Å²) in [5, 5.41) is 22.7. The lowest BCUT2D eigenvalue weighted by atomic mass is 9.97. The third-order valence-corrected chi connectivity index (χ3v) is 3.75. The van der Waals surface area contributed by atoms with E-state index in [2.05, 4.69) is 41.4 Å². The summed E-state index contributed by atoms with van der Waals surface area (Å²) >= 11 is 1.40. The van der Waals surface area contributed by atoms with Crippen molar-refractivity contribution in [2.24, 2.45) is 21.9 Å². The van der Waals surface area contributed by atoms with Crippen molar-refractivity contribution < 1.29 is 29.0 Å². The zero-order chi connectivity index (χ0) is 22.9. The van der Waals surface area contributed by atoms with Gasteiger partial charge in [0.15, 0.2) is 16.9 Å². The van der Waals surface area contributed by atoms with Crippen LogP contribution in [0.15, 0.2) is 26.9 Å². The SMILES string of the molecule is CC(C)(C)CN=C(N)Nc1nc(-c2ccc(CNC(N)=O)o2)cs1.O=C(O)C(=O)O. The summed E-state index contributed by atoms with van der Waals surface area (Å²) in [6, 6.07) is 2.95. The third kappa shape index (κ3) is 9.54. The number of aromatic nitrogens is 1. The van der Waals surface area contributed by atoms with Gasteiger partial charge in [-0.3, -0.25) is 4.99 Å². The molecule has 0 aliphatic carbocycles. The number of anilines is 1. The molecule has 0 aliphatic rings. The Bertz CT molecular complexity index is 902. The van der Waals surface area contributed by atoms with E-state index in [-0.39, 0.29) is 12.0 Å². The second-order valence-corrected chi connectivity index (χ2v) is 7.88. The average Bonchev–Trinajstić information content (AvgIpc) is 3.27. The van der Waals surface area contributed by atoms with Gasteiger partial charge in [-0.1, -0.05) is 20.8 Å². The molecule has 0 unspecified atom stereocenters. The number of primary amides is 1. The molecule has 0 saturated carbocycles. The first-order chi connectivity index (χ1) is 13.9. The van der Waals surface area contributed by atoms with Gasteiger partial charge < -0.3 is 36.7 Å². The Labute approximate surface area is 176 Å². The summed E-state index contributed by atoms with van der Waals surface area (Å²) in [6.07, 6.45) is 0. The molecule has 0 fully saturated rings. The number of aliphatic carboxylic acids is 2. The molecule has 0 aromatic carbocycles. The summed E-state index contributed by atoms with van der Waals surface area (Å²) in [6.45, 7) is 7.13. The number of urea groups is 1. The molecule has 8 N–H and O–H groups in total. The Balaban J connectivity index is 0.000000656. The fourth-order valence-corrected chi connectivity index (χ4v) is 2.41. The minimum atomic E-state index is -1.82. The van der Waals surface area contributed by atoms with E-state index in [1.54, 1.807) is 12.1 Å². The van der Waals surface area contributed by atoms with Crippen LogP contribution in [0.3, 0.4) is 0 Å². The number of furan rings is 1. The van der Waals surface area contributed by atoms with Crippen molar-refractivity contribution >= 4 is 40.4 Å². The monoisotopic (exact) mass is 440 g/mol. The topological polar surface area (TPSA) is 206 Å². The van der Waals surface area contributed by atoms with E-state index in [9.17, 15) is 4.79 Å². The lowest BCUT2D eigenvalue weighted by Crippen LogP contribution is -2.28. The second kappa shape index (κ2) is 10.8. The summed E-state index contributed by atoms with van der Waals surface area (Å²) in [5.74, 6) is -2.12. The lowest BCUT2D eigenvalue weighted by Gasteiger charge is -2.14. The van der Waals surface area contributed by atoms with Crippen molar-refractivity contribution in [1.82, 2.24) is 10.3 Å². The Morgan fingerprint density at radius 2 is 1.83 bits per heavy atom. The maximum Gasteiger partial charge on any atom is 0.414 e. The van der Waals surface area contributed by atoms with Gasteiger partial charge in [0.05, 0.1) is 6.54 Å². The number of guanidine groups is 1. The van der Waals surface area contributed by atoms with Crippen LogP contribution in [0.2, 0.25) is 0 Å². The highest BCUT2D eigenvalue weighted by molar-refractivity contribution is 7.14. The van der Waals surface area contributed by atoms with Crippen LogP contribution in [0.1, 0.15) is 26.5 Å². The molecule has 2 heterocycles. The molecule has 0 saturated heterocycles. The number of hydrogen-bond donors (Lipinski definition) is 6. The minimum Gasteiger partial charge on any atom is -0.473 e. The maximum absolute atomic E-state index is 10.7. The highest BCUT2D eigenvalue weighted by atomic mass is 32.1. The number of aliphatic imine (C=N–C) groups is 1. The first-order valence-corrected chi connectivity index (χ1v) is 9.36. The number of nitrogens with zero attached hydrogens (tertiary/aromatic N) is 2. The Hall–Kier alpha value is -3.61. The summed E-state index contributed by atoms with van der Waals surface area (Å²) in [7, 11) is 0. The van der Waals surface area contributed by atoms with Gasteiger partial charge in [-0.25, -0.2) is 19.4 Å². The van der Waals surface area contributed by atoms with Crippen LogP contribution in [-0.2, 0) is 16.1 Å². The Morgan fingerprint density at radius 3 is 2.37 bits per heavy atom. The fourth-order valence-electron chi connectivity index (χ4n) is 1.70. The van der Waals surface area contributed by atoms with E-state index in [0.717, 1.165) is 0 Å². The van der Waals surface area contributed by atoms with E-state index < -0.39 is 18.0 Å². The molecular formula is C17H24N6O6S. The molecule has 2 rings (SSSR count). The van der Waals surface area contributed by atoms with Crippen molar-refractivity contribution in [1.29, 1.82) is 0 Å². The van der Waals surface area contributed by atoms with Crippen molar-refractivity contribution in [3.8, 4) is 11.5 Å². The van der Waals surface area contributed by atoms with Crippen molar-refractivity contribution in [3.05, 3.63) is 23.3 Å². The van der Waals surface area contributed by atoms with E-state index in [0.29, 0.717) is 34.9 Å². The van der Waals surface area contributed by atoms with Gasteiger partial charge in [-0.2, -0.15) is 0 Å². The van der Waals surface area contributed by atoms with Crippen LogP contribution in [0.5, 0.6) is 0 Å². The predicted octanol–water partition coefficient (Wildman–Crippen LogP) is 1.50. The highest BCUT2D eigenvalue weighted by Gasteiger charge is 2.12. The van der Waals surface area contributed by atoms with Gasteiger partial charge in [0.1, 0.15) is 11.5 Å². The number of nitrogens with one attached hydrogen (secondary N) is 2. The molecule has 0 atom stereocenters. The maximum atomic E-state index is 10.7. The molecule has 2 aromatic heterocycles. The number of hydrogen-bond acceptors (Lipinski definition) is 7. The summed E-state index contributed by atoms with van der Waals surface area (Å²) < 4.78 is 5.62. The number of carbonyl (C=O) groups is 3. The molecule has 2 aromatic rings. The van der Waals surface area contributed by atoms with E-state index in [4.69, 9.17) is 35.7 Å². The molecular weight excluding hydrogens is 416 g/mol. The lowest BCUT2D eigenvalue weighted by molar-refractivity contribution is -0.159. The van der Waals surface area contributed by atoms with Gasteiger partial charge in [0.25, 0.3) is 0 Å². The molecule has 0 spiro atoms. The minimum absolute atomic E-state index is 0.0733. The number of nitrogens with two attached hydrogens (primary N) is 2. The number of carbonyl (C=O) groups excluding carboxylic acids is 1. The van der Waals surface area contributed by atoms with Gasteiger partial charge in [-0.15, -0.1) is 11.3 Å². The molecule has 0 aliphatic heterocycles. The van der Waals surface area contributed by atoms with Gasteiger partial charge >= 0.3 is 18.0 Å². The fraction of sp³-hybridized carbons (Fsp3) is 0.353. The highest BCUT2D eigenvalue weighted by Crippen LogP contribution is 2.26. The predicted molar refractivity (Wildman–Crippen MR) is 111 cm³/mol. The largest absolute Gasteiger partial charge is 0.473 e. The molecule has 0 radical (unpaired) electrons. The molecule has 2 amide bonds. The van der Waals surface area contributed by atoms with Gasteiger partial charge in [0.2, 0.25) is 0 Å². The quantitative estimate of drug-likeness (QED) is 0.226. The van der Waals surface area contributed by atoms with Crippen molar-refractivity contribution in [3.63, 3.8) is 0 Å². The number of rotatable bonds is 5. The first-order valence-electron chi connectivity index (χ1n) is 8.48. The van der Waals surface area contributed by atoms with Gasteiger partial charge in [-0.05, 0) is 17.5 Å². The van der Waals surface area contributed by atoms with E-state index in [1.807, 2.05) is 5.38 Å². The second-order valence-electron chi connectivity index (χ2n) is 7.02. The Morgan fingerprint density at radius 1 is 1.20 bits per heavy atom. The number of amides is 2. The summed E-state index contributed by atoms with van der Waals surface area (Å²) in [4.78, 5) is 37.6.